The molecule has 484 valence electrons. The second-order valence-electron chi connectivity index (χ2n) is 27.4. The predicted molar refractivity (Wildman–Crippen MR) is 442 cm³/mol. The molecule has 6 heterocycles. The summed E-state index contributed by atoms with van der Waals surface area (Å²) in [7, 11) is 0. The first kappa shape index (κ1) is 58.3. The number of rotatable bonds is 7. The second-order valence-corrected chi connectivity index (χ2v) is 28.5. The Labute approximate surface area is 601 Å². The van der Waals surface area contributed by atoms with Gasteiger partial charge in [0.05, 0.1) is 44.1 Å². The van der Waals surface area contributed by atoms with E-state index in [1.807, 2.05) is 23.5 Å². The predicted octanol–water partition coefficient (Wildman–Crippen LogP) is 27.3. The maximum atomic E-state index is 6.41. The van der Waals surface area contributed by atoms with Crippen LogP contribution in [0.3, 0.4) is 0 Å². The van der Waals surface area contributed by atoms with E-state index >= 15 is 0 Å². The molecule has 6 aromatic heterocycles. The van der Waals surface area contributed by atoms with E-state index in [9.17, 15) is 0 Å². The Morgan fingerprint density at radius 1 is 0.212 bits per heavy atom. The van der Waals surface area contributed by atoms with Gasteiger partial charge in [0.1, 0.15) is 11.2 Å². The van der Waals surface area contributed by atoms with Gasteiger partial charge in [-0.25, -0.2) is 0 Å². The van der Waals surface area contributed by atoms with E-state index in [0.29, 0.717) is 0 Å². The van der Waals surface area contributed by atoms with E-state index in [-0.39, 0.29) is 0 Å². The number of thiophene rings is 1. The van der Waals surface area contributed by atoms with E-state index in [0.717, 1.165) is 55.8 Å². The van der Waals surface area contributed by atoms with Crippen LogP contribution in [0.15, 0.2) is 368 Å². The lowest BCUT2D eigenvalue weighted by Crippen LogP contribution is -1.96. The Kier molecular flexibility index (Phi) is 12.9. The molecule has 23 aromatic rings. The van der Waals surface area contributed by atoms with Crippen molar-refractivity contribution in [2.45, 2.75) is 0 Å². The first-order chi connectivity index (χ1) is 51.6. The zero-order chi connectivity index (χ0) is 68.1. The average Bonchev–Trinajstić information content (AvgIpc) is 1.55. The summed E-state index contributed by atoms with van der Waals surface area (Å²) in [5.74, 6) is 0. The van der Waals surface area contributed by atoms with Gasteiger partial charge in [0.25, 0.3) is 0 Å². The third-order valence-electron chi connectivity index (χ3n) is 21.8. The molecule has 0 amide bonds. The molecule has 6 heteroatoms. The van der Waals surface area contributed by atoms with Crippen molar-refractivity contribution < 1.29 is 4.42 Å². The van der Waals surface area contributed by atoms with Crippen LogP contribution in [-0.2, 0) is 0 Å². The third-order valence-corrected chi connectivity index (χ3v) is 23.0. The van der Waals surface area contributed by atoms with Crippen molar-refractivity contribution >= 4 is 162 Å². The van der Waals surface area contributed by atoms with Crippen LogP contribution < -0.4 is 0 Å². The molecular weight excluding hydrogens is 1280 g/mol. The molecular formula is C98H60N4OS. The molecule has 104 heavy (non-hydrogen) atoms. The number of aromatic nitrogens is 4. The van der Waals surface area contributed by atoms with Crippen LogP contribution in [0.5, 0.6) is 0 Å². The van der Waals surface area contributed by atoms with Gasteiger partial charge in [0.15, 0.2) is 0 Å². The van der Waals surface area contributed by atoms with E-state index < -0.39 is 0 Å². The molecule has 0 unspecified atom stereocenters. The number of nitrogens with zero attached hydrogens (tertiary/aromatic N) is 4. The van der Waals surface area contributed by atoms with Gasteiger partial charge >= 0.3 is 0 Å². The maximum absolute atomic E-state index is 6.41. The van der Waals surface area contributed by atoms with Gasteiger partial charge in [-0.2, -0.15) is 0 Å². The molecule has 0 aliphatic heterocycles. The van der Waals surface area contributed by atoms with Crippen LogP contribution in [0, 0.1) is 0 Å². The molecule has 0 atom stereocenters. The fourth-order valence-electron chi connectivity index (χ4n) is 17.1. The summed E-state index contributed by atoms with van der Waals surface area (Å²) in [6, 6.07) is 133. The van der Waals surface area contributed by atoms with Gasteiger partial charge in [-0.3, -0.25) is 0 Å². The Morgan fingerprint density at radius 3 is 1.39 bits per heavy atom. The first-order valence-electron chi connectivity index (χ1n) is 35.6. The normalized spacial score (nSPS) is 12.0. The van der Waals surface area contributed by atoms with Crippen molar-refractivity contribution in [2.75, 3.05) is 0 Å². The average molecular weight is 1340 g/mol. The Hall–Kier alpha value is -13.5. The second kappa shape index (κ2) is 23.0. The smallest absolute Gasteiger partial charge is 0.143 e. The molecule has 0 saturated heterocycles. The number of benzene rings is 17. The molecule has 5 nitrogen and oxygen atoms in total. The fourth-order valence-corrected chi connectivity index (χ4v) is 18.2. The number of para-hydroxylation sites is 5. The van der Waals surface area contributed by atoms with E-state index in [4.69, 9.17) is 4.42 Å². The number of fused-ring (bicyclic) bond motifs is 23. The highest BCUT2D eigenvalue weighted by molar-refractivity contribution is 7.25. The minimum atomic E-state index is 0.915. The molecule has 17 aromatic carbocycles. The van der Waals surface area contributed by atoms with E-state index in [2.05, 4.69) is 370 Å². The van der Waals surface area contributed by atoms with Gasteiger partial charge in [-0.15, -0.1) is 11.3 Å². The lowest BCUT2D eigenvalue weighted by atomic mass is 10.0. The molecule has 0 fully saturated rings. The monoisotopic (exact) mass is 1340 g/mol. The molecule has 0 bridgehead atoms. The highest BCUT2D eigenvalue weighted by Crippen LogP contribution is 2.47. The maximum Gasteiger partial charge on any atom is 0.143 e. The van der Waals surface area contributed by atoms with Gasteiger partial charge in [-0.05, 0) is 142 Å². The Morgan fingerprint density at radius 2 is 0.673 bits per heavy atom. The molecule has 23 rings (SSSR count). The summed E-state index contributed by atoms with van der Waals surface area (Å²) in [5.41, 5.74) is 23.2. The largest absolute Gasteiger partial charge is 0.455 e. The van der Waals surface area contributed by atoms with Crippen molar-refractivity contribution in [1.82, 2.24) is 18.3 Å². The van der Waals surface area contributed by atoms with Crippen molar-refractivity contribution in [3.8, 4) is 56.1 Å². The lowest BCUT2D eigenvalue weighted by Gasteiger charge is -2.12. The van der Waals surface area contributed by atoms with Crippen LogP contribution in [0.4, 0.5) is 0 Å². The zero-order valence-electron chi connectivity index (χ0n) is 56.2. The van der Waals surface area contributed by atoms with Gasteiger partial charge in [-0.1, -0.05) is 261 Å². The van der Waals surface area contributed by atoms with Crippen LogP contribution >= 0.6 is 11.3 Å². The summed E-state index contributed by atoms with van der Waals surface area (Å²) in [6.45, 7) is 0. The van der Waals surface area contributed by atoms with Crippen molar-refractivity contribution in [1.29, 1.82) is 0 Å². The summed E-state index contributed by atoms with van der Waals surface area (Å²) < 4.78 is 18.9. The van der Waals surface area contributed by atoms with Gasteiger partial charge < -0.3 is 22.7 Å². The van der Waals surface area contributed by atoms with Crippen molar-refractivity contribution in [3.05, 3.63) is 364 Å². The van der Waals surface area contributed by atoms with E-state index in [1.54, 1.807) is 0 Å². The van der Waals surface area contributed by atoms with Gasteiger partial charge in [0, 0.05) is 113 Å². The van der Waals surface area contributed by atoms with Crippen LogP contribution in [0.1, 0.15) is 0 Å². The summed E-state index contributed by atoms with van der Waals surface area (Å²) in [4.78, 5) is 0. The minimum absolute atomic E-state index is 0.915. The SMILES string of the molecule is c1ccc(-c2ccc(-n3c4cc5c(cc4c4ccc6ccccc6c43)c3ccccc3n5-c3ccc(-c4ccc5sc6ccccc6c5c4)cc3)cc2)cc1.c1ccc(-n2c3ccc4c5ccccc5n(-c5ccc(-c6cccc7c6oc6ccccc67)cc5)c4c3c3ccc4ccccc4c32)cc1. The minimum Gasteiger partial charge on any atom is -0.455 e. The topological polar surface area (TPSA) is 32.9 Å². The summed E-state index contributed by atoms with van der Waals surface area (Å²) in [6.07, 6.45) is 0. The standard InChI is InChI=1S/C52H32N2S.C46H28N2O/c1-2-10-33(11-3-1)34-18-26-39(27-19-34)54-49-32-48-44(31-45(49)43-28-22-36-12-4-5-13-40(36)52(43)54)41-14-6-8-16-47(41)53(48)38-24-20-35(21-25-38)37-23-29-51-46(30-37)42-15-7-9-17-50(42)55-51;1-2-12-31(13-3-1)48-41-28-27-37-35-15-6-8-19-40(35)47(45(37)43(41)39-26-23-29-11-4-5-14-33(29)44(39)48)32-24-21-30(22-25-32)34-17-10-18-38-36-16-7-9-20-42(36)49-46(34)38/h1-32H;1-28H. The molecule has 0 radical (unpaired) electrons. The Bertz CT molecular complexity index is 7430. The highest BCUT2D eigenvalue weighted by Gasteiger charge is 2.25. The molecule has 0 aliphatic carbocycles. The quantitative estimate of drug-likeness (QED) is 0.157. The number of hydrogen-bond donors (Lipinski definition) is 0. The molecule has 0 saturated carbocycles. The summed E-state index contributed by atoms with van der Waals surface area (Å²) in [5, 5.41) is 20.0. The third kappa shape index (κ3) is 8.86. The Balaban J connectivity index is 0.000000132. The molecule has 0 spiro atoms. The zero-order valence-corrected chi connectivity index (χ0v) is 57.1. The first-order valence-corrected chi connectivity index (χ1v) is 36.4. The number of hydrogen-bond acceptors (Lipinski definition) is 2. The summed E-state index contributed by atoms with van der Waals surface area (Å²) >= 11 is 1.86. The van der Waals surface area contributed by atoms with Crippen LogP contribution in [0.2, 0.25) is 0 Å². The van der Waals surface area contributed by atoms with Gasteiger partial charge in [0.2, 0.25) is 0 Å². The number of furan rings is 1. The molecule has 0 aliphatic rings. The van der Waals surface area contributed by atoms with E-state index in [1.165, 1.54) is 151 Å². The van der Waals surface area contributed by atoms with Crippen molar-refractivity contribution in [2.24, 2.45) is 0 Å². The van der Waals surface area contributed by atoms with Crippen molar-refractivity contribution in [3.63, 3.8) is 0 Å². The van der Waals surface area contributed by atoms with Crippen LogP contribution in [0.25, 0.3) is 207 Å². The molecule has 0 N–H and O–H groups in total. The highest BCUT2D eigenvalue weighted by atomic mass is 32.1. The van der Waals surface area contributed by atoms with Crippen LogP contribution in [-0.4, -0.2) is 18.3 Å². The fraction of sp³-hybridized carbons (Fsp3) is 0. The lowest BCUT2D eigenvalue weighted by molar-refractivity contribution is 0.670.